The number of aliphatic hydroxyl groups excluding tert-OH is 1. The minimum atomic E-state index is -3.42. The monoisotopic (exact) mass is 393 g/mol. The van der Waals surface area contributed by atoms with Crippen LogP contribution < -0.4 is 9.57 Å². The lowest BCUT2D eigenvalue weighted by atomic mass is 10.2. The van der Waals surface area contributed by atoms with Crippen LogP contribution in [0.15, 0.2) is 53.4 Å². The third-order valence-corrected chi connectivity index (χ3v) is 5.00. The van der Waals surface area contributed by atoms with Crippen LogP contribution in [0.3, 0.4) is 0 Å². The third kappa shape index (κ3) is 6.53. The molecule has 2 rings (SSSR count). The summed E-state index contributed by atoms with van der Waals surface area (Å²) in [5.74, 6) is 0.925. The van der Waals surface area contributed by atoms with Gasteiger partial charge < -0.3 is 14.7 Å². The molecule has 6 nitrogen and oxygen atoms in total. The molecule has 0 aromatic heterocycles. The van der Waals surface area contributed by atoms with Crippen molar-refractivity contribution in [2.75, 3.05) is 19.4 Å². The molecule has 27 heavy (non-hydrogen) atoms. The molecule has 0 heterocycles. The van der Waals surface area contributed by atoms with E-state index < -0.39 is 15.9 Å². The lowest BCUT2D eigenvalue weighted by molar-refractivity contribution is -0.112. The molecule has 1 unspecified atom stereocenters. The molecule has 2 aromatic carbocycles. The van der Waals surface area contributed by atoms with Gasteiger partial charge in [0.15, 0.2) is 9.84 Å². The standard InChI is InChI=1S/C20H27NO5S/c1-15(2)21(26-18-8-6-5-7-9-18)13-17(22)14-25-19-12-16(3)10-11-20(19)27(4,23)24/h5-12,15,17,22H,13-14H2,1-4H3. The van der Waals surface area contributed by atoms with Crippen molar-refractivity contribution in [1.29, 1.82) is 0 Å². The van der Waals surface area contributed by atoms with Gasteiger partial charge in [-0.3, -0.25) is 0 Å². The Bertz CT molecular complexity index is 837. The Balaban J connectivity index is 2.02. The quantitative estimate of drug-likeness (QED) is 0.660. The van der Waals surface area contributed by atoms with Crippen LogP contribution in [0.5, 0.6) is 11.5 Å². The second-order valence-electron chi connectivity index (χ2n) is 6.78. The predicted molar refractivity (Wildman–Crippen MR) is 105 cm³/mol. The number of benzene rings is 2. The van der Waals surface area contributed by atoms with Gasteiger partial charge >= 0.3 is 0 Å². The maximum Gasteiger partial charge on any atom is 0.179 e. The Morgan fingerprint density at radius 2 is 1.78 bits per heavy atom. The van der Waals surface area contributed by atoms with E-state index in [4.69, 9.17) is 9.57 Å². The van der Waals surface area contributed by atoms with Gasteiger partial charge in [0.05, 0.1) is 6.54 Å². The molecule has 0 aliphatic heterocycles. The van der Waals surface area contributed by atoms with Crippen molar-refractivity contribution in [3.05, 3.63) is 54.1 Å². The fourth-order valence-corrected chi connectivity index (χ4v) is 3.25. The van der Waals surface area contributed by atoms with Gasteiger partial charge in [0, 0.05) is 12.3 Å². The molecule has 7 heteroatoms. The third-order valence-electron chi connectivity index (χ3n) is 3.86. The second kappa shape index (κ2) is 9.21. The van der Waals surface area contributed by atoms with E-state index in [1.54, 1.807) is 17.2 Å². The number of ether oxygens (including phenoxy) is 1. The molecule has 0 bridgehead atoms. The van der Waals surface area contributed by atoms with Gasteiger partial charge in [-0.1, -0.05) is 24.3 Å². The Hall–Kier alpha value is -2.09. The number of aliphatic hydroxyl groups is 1. The van der Waals surface area contributed by atoms with E-state index in [0.717, 1.165) is 11.8 Å². The highest BCUT2D eigenvalue weighted by Crippen LogP contribution is 2.25. The molecule has 0 fully saturated rings. The van der Waals surface area contributed by atoms with E-state index in [-0.39, 0.29) is 29.8 Å². The van der Waals surface area contributed by atoms with E-state index in [0.29, 0.717) is 5.75 Å². The zero-order chi connectivity index (χ0) is 20.0. The van der Waals surface area contributed by atoms with Crippen LogP contribution in [0, 0.1) is 6.92 Å². The summed E-state index contributed by atoms with van der Waals surface area (Å²) in [4.78, 5) is 5.93. The average Bonchev–Trinajstić information content (AvgIpc) is 2.59. The summed E-state index contributed by atoms with van der Waals surface area (Å²) >= 11 is 0. The molecular weight excluding hydrogens is 366 g/mol. The molecule has 1 N–H and O–H groups in total. The number of hydroxylamine groups is 2. The zero-order valence-electron chi connectivity index (χ0n) is 16.1. The minimum absolute atomic E-state index is 0.0328. The van der Waals surface area contributed by atoms with Crippen LogP contribution in [0.1, 0.15) is 19.4 Å². The molecule has 1 atom stereocenters. The summed E-state index contributed by atoms with van der Waals surface area (Å²) in [6.45, 7) is 5.93. The van der Waals surface area contributed by atoms with E-state index in [9.17, 15) is 13.5 Å². The van der Waals surface area contributed by atoms with Crippen molar-refractivity contribution < 1.29 is 23.1 Å². The SMILES string of the molecule is Cc1ccc(S(C)(=O)=O)c(OCC(O)CN(Oc2ccccc2)C(C)C)c1. The highest BCUT2D eigenvalue weighted by molar-refractivity contribution is 7.90. The number of nitrogens with zero attached hydrogens (tertiary/aromatic N) is 1. The second-order valence-corrected chi connectivity index (χ2v) is 8.77. The van der Waals surface area contributed by atoms with Crippen LogP contribution in [0.25, 0.3) is 0 Å². The van der Waals surface area contributed by atoms with Crippen LogP contribution in [0.4, 0.5) is 0 Å². The van der Waals surface area contributed by atoms with Gasteiger partial charge in [0.2, 0.25) is 0 Å². The van der Waals surface area contributed by atoms with Crippen molar-refractivity contribution in [3.63, 3.8) is 0 Å². The fourth-order valence-electron chi connectivity index (χ4n) is 2.45. The summed E-state index contributed by atoms with van der Waals surface area (Å²) in [7, 11) is -3.42. The molecule has 0 saturated carbocycles. The van der Waals surface area contributed by atoms with Crippen molar-refractivity contribution in [2.45, 2.75) is 37.8 Å². The van der Waals surface area contributed by atoms with Gasteiger partial charge in [0.25, 0.3) is 0 Å². The number of hydrogen-bond acceptors (Lipinski definition) is 6. The molecule has 0 aliphatic rings. The highest BCUT2D eigenvalue weighted by atomic mass is 32.2. The number of para-hydroxylation sites is 1. The molecule has 0 aliphatic carbocycles. The number of rotatable bonds is 9. The van der Waals surface area contributed by atoms with Crippen molar-refractivity contribution in [2.24, 2.45) is 0 Å². The summed E-state index contributed by atoms with van der Waals surface area (Å²) in [5.41, 5.74) is 0.878. The largest absolute Gasteiger partial charge is 0.489 e. The maximum absolute atomic E-state index is 11.9. The molecule has 0 amide bonds. The summed E-state index contributed by atoms with van der Waals surface area (Å²) in [6.07, 6.45) is 0.277. The van der Waals surface area contributed by atoms with Gasteiger partial charge in [-0.2, -0.15) is 0 Å². The van der Waals surface area contributed by atoms with E-state index in [2.05, 4.69) is 0 Å². The van der Waals surface area contributed by atoms with Gasteiger partial charge in [-0.05, 0) is 50.6 Å². The molecule has 0 spiro atoms. The minimum Gasteiger partial charge on any atom is -0.489 e. The Morgan fingerprint density at radius 1 is 1.11 bits per heavy atom. The lowest BCUT2D eigenvalue weighted by Gasteiger charge is -2.28. The van der Waals surface area contributed by atoms with E-state index >= 15 is 0 Å². The Morgan fingerprint density at radius 3 is 2.37 bits per heavy atom. The van der Waals surface area contributed by atoms with Gasteiger partial charge in [0.1, 0.15) is 29.1 Å². The molecular formula is C20H27NO5S. The van der Waals surface area contributed by atoms with Crippen molar-refractivity contribution >= 4 is 9.84 Å². The molecule has 0 radical (unpaired) electrons. The first-order valence-corrected chi connectivity index (χ1v) is 10.7. The summed E-state index contributed by atoms with van der Waals surface area (Å²) in [6, 6.07) is 14.2. The van der Waals surface area contributed by atoms with Crippen molar-refractivity contribution in [3.8, 4) is 11.5 Å². The summed E-state index contributed by atoms with van der Waals surface area (Å²) in [5, 5.41) is 12.0. The first-order chi connectivity index (χ1) is 12.7. The summed E-state index contributed by atoms with van der Waals surface area (Å²) < 4.78 is 29.4. The average molecular weight is 394 g/mol. The van der Waals surface area contributed by atoms with E-state index in [1.807, 2.05) is 51.1 Å². The first kappa shape index (κ1) is 21.2. The van der Waals surface area contributed by atoms with Crippen LogP contribution in [0.2, 0.25) is 0 Å². The smallest absolute Gasteiger partial charge is 0.179 e. The lowest BCUT2D eigenvalue weighted by Crippen LogP contribution is -2.42. The number of hydrogen-bond donors (Lipinski definition) is 1. The molecule has 2 aromatic rings. The Labute approximate surface area is 161 Å². The topological polar surface area (TPSA) is 76.1 Å². The predicted octanol–water partition coefficient (Wildman–Crippen LogP) is 2.84. The maximum atomic E-state index is 11.9. The molecule has 148 valence electrons. The van der Waals surface area contributed by atoms with Crippen LogP contribution >= 0.6 is 0 Å². The normalized spacial score (nSPS) is 13.0. The van der Waals surface area contributed by atoms with Gasteiger partial charge in [-0.15, -0.1) is 5.06 Å². The van der Waals surface area contributed by atoms with E-state index in [1.165, 1.54) is 6.07 Å². The van der Waals surface area contributed by atoms with Crippen LogP contribution in [-0.4, -0.2) is 50.1 Å². The van der Waals surface area contributed by atoms with Crippen LogP contribution in [-0.2, 0) is 9.84 Å². The zero-order valence-corrected chi connectivity index (χ0v) is 16.9. The fraction of sp³-hybridized carbons (Fsp3) is 0.400. The molecule has 0 saturated heterocycles. The first-order valence-electron chi connectivity index (χ1n) is 8.78. The highest BCUT2D eigenvalue weighted by Gasteiger charge is 2.20. The van der Waals surface area contributed by atoms with Gasteiger partial charge in [-0.25, -0.2) is 8.42 Å². The number of sulfone groups is 1. The number of aryl methyl sites for hydroxylation is 1. The Kier molecular flexibility index (Phi) is 7.24. The van der Waals surface area contributed by atoms with Crippen molar-refractivity contribution in [1.82, 2.24) is 5.06 Å².